The van der Waals surface area contributed by atoms with Gasteiger partial charge in [0.15, 0.2) is 9.84 Å². The summed E-state index contributed by atoms with van der Waals surface area (Å²) in [4.78, 5) is 22.7. The van der Waals surface area contributed by atoms with Gasteiger partial charge in [-0.25, -0.2) is 18.4 Å². The van der Waals surface area contributed by atoms with E-state index in [1.54, 1.807) is 24.3 Å². The van der Waals surface area contributed by atoms with Crippen molar-refractivity contribution in [1.82, 2.24) is 9.97 Å². The van der Waals surface area contributed by atoms with E-state index in [4.69, 9.17) is 5.26 Å². The molecule has 0 aliphatic carbocycles. The second-order valence-electron chi connectivity index (χ2n) is 6.25. The zero-order valence-corrected chi connectivity index (χ0v) is 15.6. The molecular formula is C18H19N5O3S. The van der Waals surface area contributed by atoms with Gasteiger partial charge in [0.1, 0.15) is 11.5 Å². The fraction of sp³-hybridized carbons (Fsp3) is 0.333. The van der Waals surface area contributed by atoms with E-state index in [-0.39, 0.29) is 23.2 Å². The van der Waals surface area contributed by atoms with Crippen LogP contribution in [-0.4, -0.2) is 48.4 Å². The van der Waals surface area contributed by atoms with E-state index in [1.165, 1.54) is 12.4 Å². The molecule has 0 saturated carbocycles. The van der Waals surface area contributed by atoms with Gasteiger partial charge in [0.25, 0.3) is 5.91 Å². The molecule has 1 atom stereocenters. The minimum atomic E-state index is -2.99. The summed E-state index contributed by atoms with van der Waals surface area (Å²) in [5.74, 6) is 0.440. The zero-order valence-electron chi connectivity index (χ0n) is 14.8. The molecule has 1 saturated heterocycles. The van der Waals surface area contributed by atoms with Gasteiger partial charge in [-0.2, -0.15) is 5.26 Å². The van der Waals surface area contributed by atoms with Gasteiger partial charge in [0.2, 0.25) is 0 Å². The minimum absolute atomic E-state index is 0.115. The van der Waals surface area contributed by atoms with Gasteiger partial charge in [0, 0.05) is 18.3 Å². The lowest BCUT2D eigenvalue weighted by Gasteiger charge is -2.27. The van der Waals surface area contributed by atoms with Gasteiger partial charge in [0.05, 0.1) is 35.5 Å². The van der Waals surface area contributed by atoms with Crippen molar-refractivity contribution < 1.29 is 13.2 Å². The number of sulfone groups is 1. The first-order chi connectivity index (χ1) is 12.9. The van der Waals surface area contributed by atoms with Crippen LogP contribution in [-0.2, 0) is 9.84 Å². The maximum absolute atomic E-state index is 12.3. The zero-order chi connectivity index (χ0) is 19.4. The van der Waals surface area contributed by atoms with Crippen LogP contribution in [0.4, 0.5) is 11.5 Å². The summed E-state index contributed by atoms with van der Waals surface area (Å²) >= 11 is 0. The van der Waals surface area contributed by atoms with Crippen molar-refractivity contribution in [3.8, 4) is 6.07 Å². The molecular weight excluding hydrogens is 366 g/mol. The third kappa shape index (κ3) is 4.41. The molecule has 1 N–H and O–H groups in total. The number of benzene rings is 1. The Balaban J connectivity index is 1.70. The van der Waals surface area contributed by atoms with Crippen molar-refractivity contribution in [3.63, 3.8) is 0 Å². The molecule has 27 heavy (non-hydrogen) atoms. The van der Waals surface area contributed by atoms with E-state index >= 15 is 0 Å². The highest BCUT2D eigenvalue weighted by Gasteiger charge is 2.32. The molecule has 1 aromatic heterocycles. The van der Waals surface area contributed by atoms with Crippen molar-refractivity contribution in [2.24, 2.45) is 0 Å². The SMILES string of the molecule is CCN(c1cnc(C(=O)Nc2ccc(C#N)cc2)cn1)C1CCS(=O)(=O)C1. The van der Waals surface area contributed by atoms with Crippen LogP contribution < -0.4 is 10.2 Å². The summed E-state index contributed by atoms with van der Waals surface area (Å²) in [7, 11) is -2.99. The standard InChI is InChI=1S/C18H19N5O3S/c1-2-23(15-7-8-27(25,26)12-15)17-11-20-16(10-21-17)18(24)22-14-5-3-13(9-19)4-6-14/h3-6,10-11,15H,2,7-8,12H2,1H3,(H,22,24). The Bertz CT molecular complexity index is 966. The molecule has 1 aliphatic rings. The number of nitrogens with one attached hydrogen (secondary N) is 1. The quantitative estimate of drug-likeness (QED) is 0.831. The summed E-state index contributed by atoms with van der Waals surface area (Å²) in [5.41, 5.74) is 1.21. The van der Waals surface area contributed by atoms with Crippen LogP contribution >= 0.6 is 0 Å². The lowest BCUT2D eigenvalue weighted by molar-refractivity contribution is 0.102. The van der Waals surface area contributed by atoms with Crippen LogP contribution in [0.5, 0.6) is 0 Å². The molecule has 140 valence electrons. The van der Waals surface area contributed by atoms with Crippen molar-refractivity contribution in [2.75, 3.05) is 28.3 Å². The van der Waals surface area contributed by atoms with Crippen LogP contribution in [0.15, 0.2) is 36.7 Å². The first-order valence-electron chi connectivity index (χ1n) is 8.52. The van der Waals surface area contributed by atoms with E-state index < -0.39 is 15.7 Å². The number of nitriles is 1. The molecule has 2 heterocycles. The predicted octanol–water partition coefficient (Wildman–Crippen LogP) is 1.61. The molecule has 1 aromatic carbocycles. The topological polar surface area (TPSA) is 116 Å². The molecule has 0 radical (unpaired) electrons. The maximum Gasteiger partial charge on any atom is 0.275 e. The van der Waals surface area contributed by atoms with Crippen molar-refractivity contribution >= 4 is 27.2 Å². The molecule has 2 aromatic rings. The minimum Gasteiger partial charge on any atom is -0.352 e. The second-order valence-corrected chi connectivity index (χ2v) is 8.47. The summed E-state index contributed by atoms with van der Waals surface area (Å²) in [5, 5.41) is 11.5. The van der Waals surface area contributed by atoms with E-state index in [0.717, 1.165) is 0 Å². The molecule has 0 bridgehead atoms. The summed E-state index contributed by atoms with van der Waals surface area (Å²) in [6, 6.07) is 8.39. The fourth-order valence-electron chi connectivity index (χ4n) is 3.04. The van der Waals surface area contributed by atoms with Crippen LogP contribution in [0.3, 0.4) is 0 Å². The van der Waals surface area contributed by atoms with Crippen LogP contribution in [0.2, 0.25) is 0 Å². The number of rotatable bonds is 5. The van der Waals surface area contributed by atoms with E-state index in [9.17, 15) is 13.2 Å². The van der Waals surface area contributed by atoms with E-state index in [1.807, 2.05) is 17.9 Å². The van der Waals surface area contributed by atoms with Crippen molar-refractivity contribution in [3.05, 3.63) is 47.9 Å². The average molecular weight is 385 g/mol. The fourth-order valence-corrected chi connectivity index (χ4v) is 4.77. The normalized spacial score (nSPS) is 17.9. The number of carbonyl (C=O) groups is 1. The van der Waals surface area contributed by atoms with Crippen LogP contribution in [0, 0.1) is 11.3 Å². The lowest BCUT2D eigenvalue weighted by atomic mass is 10.2. The molecule has 3 rings (SSSR count). The Morgan fingerprint density at radius 1 is 1.30 bits per heavy atom. The number of anilines is 2. The third-order valence-corrected chi connectivity index (χ3v) is 6.18. The summed E-state index contributed by atoms with van der Waals surface area (Å²) < 4.78 is 23.4. The lowest BCUT2D eigenvalue weighted by Crippen LogP contribution is -2.36. The number of amides is 1. The number of nitrogens with zero attached hydrogens (tertiary/aromatic N) is 4. The maximum atomic E-state index is 12.3. The smallest absolute Gasteiger partial charge is 0.275 e. The van der Waals surface area contributed by atoms with Gasteiger partial charge >= 0.3 is 0 Å². The number of hydrogen-bond donors (Lipinski definition) is 1. The van der Waals surface area contributed by atoms with Crippen molar-refractivity contribution in [2.45, 2.75) is 19.4 Å². The average Bonchev–Trinajstić information content (AvgIpc) is 3.03. The van der Waals surface area contributed by atoms with Gasteiger partial charge in [-0.15, -0.1) is 0 Å². The molecule has 1 fully saturated rings. The summed E-state index contributed by atoms with van der Waals surface area (Å²) in [6.45, 7) is 2.53. The molecule has 0 spiro atoms. The highest BCUT2D eigenvalue weighted by atomic mass is 32.2. The van der Waals surface area contributed by atoms with Crippen LogP contribution in [0.25, 0.3) is 0 Å². The van der Waals surface area contributed by atoms with Crippen LogP contribution in [0.1, 0.15) is 29.4 Å². The highest BCUT2D eigenvalue weighted by Crippen LogP contribution is 2.22. The number of aromatic nitrogens is 2. The molecule has 1 amide bonds. The first kappa shape index (κ1) is 18.8. The largest absolute Gasteiger partial charge is 0.352 e. The predicted molar refractivity (Wildman–Crippen MR) is 101 cm³/mol. The van der Waals surface area contributed by atoms with E-state index in [2.05, 4.69) is 15.3 Å². The Morgan fingerprint density at radius 3 is 2.56 bits per heavy atom. The van der Waals surface area contributed by atoms with E-state index in [0.29, 0.717) is 30.0 Å². The van der Waals surface area contributed by atoms with Gasteiger partial charge in [-0.1, -0.05) is 0 Å². The third-order valence-electron chi connectivity index (χ3n) is 4.43. The monoisotopic (exact) mass is 385 g/mol. The molecule has 1 aliphatic heterocycles. The molecule has 1 unspecified atom stereocenters. The van der Waals surface area contributed by atoms with Gasteiger partial charge in [-0.05, 0) is 37.6 Å². The van der Waals surface area contributed by atoms with Gasteiger partial charge < -0.3 is 10.2 Å². The number of carbonyl (C=O) groups excluding carboxylic acids is 1. The number of hydrogen-bond acceptors (Lipinski definition) is 7. The second kappa shape index (κ2) is 7.72. The Kier molecular flexibility index (Phi) is 5.37. The summed E-state index contributed by atoms with van der Waals surface area (Å²) in [6.07, 6.45) is 3.43. The Hall–Kier alpha value is -2.99. The van der Waals surface area contributed by atoms with Gasteiger partial charge in [-0.3, -0.25) is 4.79 Å². The first-order valence-corrected chi connectivity index (χ1v) is 10.3. The molecule has 8 nitrogen and oxygen atoms in total. The molecule has 9 heteroatoms. The highest BCUT2D eigenvalue weighted by molar-refractivity contribution is 7.91. The Labute approximate surface area is 157 Å². The van der Waals surface area contributed by atoms with Crippen molar-refractivity contribution in [1.29, 1.82) is 5.26 Å². The Morgan fingerprint density at radius 2 is 2.04 bits per heavy atom.